The fourth-order valence-electron chi connectivity index (χ4n) is 3.42. The van der Waals surface area contributed by atoms with Crippen LogP contribution in [0, 0.1) is 0 Å². The lowest BCUT2D eigenvalue weighted by molar-refractivity contribution is -0.121. The normalized spacial score (nSPS) is 19.8. The first-order valence-electron chi connectivity index (χ1n) is 9.15. The van der Waals surface area contributed by atoms with Crippen LogP contribution < -0.4 is 9.62 Å². The number of anilines is 1. The highest BCUT2D eigenvalue weighted by atomic mass is 32.2. The van der Waals surface area contributed by atoms with Gasteiger partial charge in [0, 0.05) is 25.9 Å². The van der Waals surface area contributed by atoms with Crippen LogP contribution in [-0.4, -0.2) is 51.3 Å². The van der Waals surface area contributed by atoms with Crippen LogP contribution in [0.15, 0.2) is 29.2 Å². The number of imide groups is 1. The zero-order chi connectivity index (χ0) is 18.6. The highest BCUT2D eigenvalue weighted by molar-refractivity contribution is 7.89. The molecular weight excluding hydrogens is 354 g/mol. The van der Waals surface area contributed by atoms with Gasteiger partial charge < -0.3 is 4.90 Å². The molecule has 0 saturated carbocycles. The van der Waals surface area contributed by atoms with E-state index in [1.54, 1.807) is 0 Å². The third kappa shape index (κ3) is 4.49. The van der Waals surface area contributed by atoms with E-state index in [4.69, 9.17) is 0 Å². The molecule has 1 aromatic rings. The quantitative estimate of drug-likeness (QED) is 0.757. The molecule has 2 amide bonds. The van der Waals surface area contributed by atoms with Gasteiger partial charge in [0.1, 0.15) is 0 Å². The van der Waals surface area contributed by atoms with Crippen molar-refractivity contribution in [1.82, 2.24) is 9.62 Å². The summed E-state index contributed by atoms with van der Waals surface area (Å²) < 4.78 is 27.5. The Labute approximate surface area is 154 Å². The van der Waals surface area contributed by atoms with Gasteiger partial charge in [-0.15, -0.1) is 0 Å². The zero-order valence-electron chi connectivity index (χ0n) is 14.8. The first-order chi connectivity index (χ1) is 12.5. The van der Waals surface area contributed by atoms with Gasteiger partial charge in [-0.05, 0) is 50.2 Å². The van der Waals surface area contributed by atoms with E-state index >= 15 is 0 Å². The van der Waals surface area contributed by atoms with Crippen molar-refractivity contribution in [2.24, 2.45) is 0 Å². The predicted octanol–water partition coefficient (Wildman–Crippen LogP) is 1.49. The maximum Gasteiger partial charge on any atom is 0.240 e. The van der Waals surface area contributed by atoms with E-state index in [1.807, 2.05) is 0 Å². The summed E-state index contributed by atoms with van der Waals surface area (Å²) in [4.78, 5) is 27.1. The fraction of sp³-hybridized carbons (Fsp3) is 0.556. The van der Waals surface area contributed by atoms with E-state index in [0.29, 0.717) is 18.8 Å². The molecule has 26 heavy (non-hydrogen) atoms. The van der Waals surface area contributed by atoms with Gasteiger partial charge in [-0.1, -0.05) is 12.8 Å². The predicted molar refractivity (Wildman–Crippen MR) is 98.3 cm³/mol. The number of amides is 2. The molecule has 2 aliphatic heterocycles. The van der Waals surface area contributed by atoms with Crippen LogP contribution in [0.5, 0.6) is 0 Å². The summed E-state index contributed by atoms with van der Waals surface area (Å²) in [5, 5.41) is 0. The van der Waals surface area contributed by atoms with Gasteiger partial charge >= 0.3 is 0 Å². The summed E-state index contributed by atoms with van der Waals surface area (Å²) >= 11 is 0. The van der Waals surface area contributed by atoms with Gasteiger partial charge in [0.25, 0.3) is 0 Å². The van der Waals surface area contributed by atoms with E-state index in [0.717, 1.165) is 18.0 Å². The van der Waals surface area contributed by atoms with Crippen LogP contribution in [0.4, 0.5) is 5.69 Å². The Kier molecular flexibility index (Phi) is 6.05. The number of rotatable bonds is 6. The second-order valence-electron chi connectivity index (χ2n) is 6.77. The molecule has 142 valence electrons. The van der Waals surface area contributed by atoms with E-state index in [-0.39, 0.29) is 29.6 Å². The van der Waals surface area contributed by atoms with Crippen LogP contribution in [0.1, 0.15) is 38.5 Å². The summed E-state index contributed by atoms with van der Waals surface area (Å²) in [6, 6.07) is 5.87. The number of nitrogens with one attached hydrogen (secondary N) is 1. The van der Waals surface area contributed by atoms with Crippen LogP contribution in [0.2, 0.25) is 0 Å². The molecule has 2 saturated heterocycles. The maximum absolute atomic E-state index is 12.4. The maximum atomic E-state index is 12.4. The molecule has 8 heteroatoms. The summed E-state index contributed by atoms with van der Waals surface area (Å²) in [6.07, 6.45) is 5.24. The molecule has 0 bridgehead atoms. The molecule has 0 aromatic heterocycles. The highest BCUT2D eigenvalue weighted by Crippen LogP contribution is 2.23. The Hall–Kier alpha value is -1.77. The van der Waals surface area contributed by atoms with Crippen molar-refractivity contribution >= 4 is 27.5 Å². The van der Waals surface area contributed by atoms with E-state index < -0.39 is 10.0 Å². The van der Waals surface area contributed by atoms with Gasteiger partial charge in [0.05, 0.1) is 10.6 Å². The molecular formula is C18H25N3O4S. The van der Waals surface area contributed by atoms with Crippen molar-refractivity contribution in [3.63, 3.8) is 0 Å². The first-order valence-corrected chi connectivity index (χ1v) is 10.6. The molecule has 2 heterocycles. The molecule has 0 unspecified atom stereocenters. The SMILES string of the molecule is O=C1CCC(=O)N1c1ccc(S(=O)(=O)NCCN2CCCCCC2)cc1. The standard InChI is InChI=1S/C18H25N3O4S/c22-17-9-10-18(23)21(17)15-5-7-16(8-6-15)26(24,25)19-11-14-20-12-3-1-2-4-13-20/h5-8,19H,1-4,9-14H2. The van der Waals surface area contributed by atoms with E-state index in [1.165, 1.54) is 49.9 Å². The lowest BCUT2D eigenvalue weighted by Crippen LogP contribution is -2.35. The van der Waals surface area contributed by atoms with Crippen molar-refractivity contribution in [2.45, 2.75) is 43.4 Å². The van der Waals surface area contributed by atoms with Gasteiger partial charge in [-0.2, -0.15) is 0 Å². The topological polar surface area (TPSA) is 86.8 Å². The van der Waals surface area contributed by atoms with E-state index in [9.17, 15) is 18.0 Å². The monoisotopic (exact) mass is 379 g/mol. The summed E-state index contributed by atoms with van der Waals surface area (Å²) in [5.74, 6) is -0.498. The lowest BCUT2D eigenvalue weighted by atomic mass is 10.2. The minimum absolute atomic E-state index is 0.135. The molecule has 3 rings (SSSR count). The van der Waals surface area contributed by atoms with Crippen molar-refractivity contribution in [3.8, 4) is 0 Å². The molecule has 0 atom stereocenters. The van der Waals surface area contributed by atoms with Crippen molar-refractivity contribution < 1.29 is 18.0 Å². The summed E-state index contributed by atoms with van der Waals surface area (Å²) in [5.41, 5.74) is 0.418. The zero-order valence-corrected chi connectivity index (χ0v) is 15.6. The average molecular weight is 379 g/mol. The number of hydrogen-bond donors (Lipinski definition) is 1. The van der Waals surface area contributed by atoms with Crippen LogP contribution in [0.3, 0.4) is 0 Å². The molecule has 0 radical (unpaired) electrons. The average Bonchev–Trinajstić information content (AvgIpc) is 2.81. The Balaban J connectivity index is 1.58. The van der Waals surface area contributed by atoms with E-state index in [2.05, 4.69) is 9.62 Å². The van der Waals surface area contributed by atoms with Crippen molar-refractivity contribution in [3.05, 3.63) is 24.3 Å². The Morgan fingerprint density at radius 3 is 2.04 bits per heavy atom. The number of carbonyl (C=O) groups is 2. The van der Waals surface area contributed by atoms with Gasteiger partial charge in [-0.3, -0.25) is 14.5 Å². The Morgan fingerprint density at radius 2 is 1.46 bits per heavy atom. The number of sulfonamides is 1. The number of nitrogens with zero attached hydrogens (tertiary/aromatic N) is 2. The van der Waals surface area contributed by atoms with Crippen LogP contribution in [-0.2, 0) is 19.6 Å². The second kappa shape index (κ2) is 8.28. The molecule has 0 spiro atoms. The van der Waals surface area contributed by atoms with Gasteiger partial charge in [0.2, 0.25) is 21.8 Å². The summed E-state index contributed by atoms with van der Waals surface area (Å²) in [6.45, 7) is 3.11. The molecule has 7 nitrogen and oxygen atoms in total. The van der Waals surface area contributed by atoms with Crippen LogP contribution in [0.25, 0.3) is 0 Å². The smallest absolute Gasteiger partial charge is 0.240 e. The third-order valence-corrected chi connectivity index (χ3v) is 6.35. The fourth-order valence-corrected chi connectivity index (χ4v) is 4.44. The minimum Gasteiger partial charge on any atom is -0.302 e. The molecule has 2 fully saturated rings. The summed E-state index contributed by atoms with van der Waals surface area (Å²) in [7, 11) is -3.60. The molecule has 1 aromatic carbocycles. The third-order valence-electron chi connectivity index (χ3n) is 4.88. The number of hydrogen-bond acceptors (Lipinski definition) is 5. The molecule has 2 aliphatic rings. The van der Waals surface area contributed by atoms with Crippen LogP contribution >= 0.6 is 0 Å². The highest BCUT2D eigenvalue weighted by Gasteiger charge is 2.30. The van der Waals surface area contributed by atoms with Crippen molar-refractivity contribution in [2.75, 3.05) is 31.1 Å². The molecule has 0 aliphatic carbocycles. The molecule has 1 N–H and O–H groups in total. The Morgan fingerprint density at radius 1 is 0.885 bits per heavy atom. The second-order valence-corrected chi connectivity index (χ2v) is 8.54. The first kappa shape index (κ1) is 19.0. The van der Waals surface area contributed by atoms with Gasteiger partial charge in [0.15, 0.2) is 0 Å². The number of likely N-dealkylation sites (tertiary alicyclic amines) is 1. The minimum atomic E-state index is -3.60. The van der Waals surface area contributed by atoms with Crippen molar-refractivity contribution in [1.29, 1.82) is 0 Å². The largest absolute Gasteiger partial charge is 0.302 e. The number of carbonyl (C=O) groups excluding carboxylic acids is 2. The lowest BCUT2D eigenvalue weighted by Gasteiger charge is -2.19. The number of benzene rings is 1. The Bertz CT molecular complexity index is 737. The van der Waals surface area contributed by atoms with Gasteiger partial charge in [-0.25, -0.2) is 13.1 Å².